The SMILES string of the molecule is CC(=O)/C(=C\c1ccccc1Br)Cc1c[nH]c2ccc(Br)cc12. The van der Waals surface area contributed by atoms with Gasteiger partial charge < -0.3 is 4.98 Å². The molecule has 1 N–H and O–H groups in total. The number of halogens is 2. The zero-order chi connectivity index (χ0) is 16.4. The molecule has 0 aliphatic rings. The van der Waals surface area contributed by atoms with Gasteiger partial charge in [0.1, 0.15) is 0 Å². The molecule has 1 heterocycles. The van der Waals surface area contributed by atoms with Crippen LogP contribution in [0.3, 0.4) is 0 Å². The van der Waals surface area contributed by atoms with Crippen molar-refractivity contribution in [3.05, 3.63) is 74.3 Å². The summed E-state index contributed by atoms with van der Waals surface area (Å²) in [5.74, 6) is 0.0881. The van der Waals surface area contributed by atoms with E-state index in [1.54, 1.807) is 6.92 Å². The van der Waals surface area contributed by atoms with E-state index in [4.69, 9.17) is 0 Å². The average molecular weight is 433 g/mol. The number of hydrogen-bond acceptors (Lipinski definition) is 1. The minimum atomic E-state index is 0.0881. The summed E-state index contributed by atoms with van der Waals surface area (Å²) in [6.07, 6.45) is 4.55. The minimum absolute atomic E-state index is 0.0881. The zero-order valence-electron chi connectivity index (χ0n) is 12.6. The van der Waals surface area contributed by atoms with E-state index in [0.717, 1.165) is 36.5 Å². The molecule has 1 aromatic heterocycles. The number of allylic oxidation sites excluding steroid dienone is 1. The molecule has 116 valence electrons. The Bertz CT molecular complexity index is 909. The van der Waals surface area contributed by atoms with E-state index in [9.17, 15) is 4.79 Å². The van der Waals surface area contributed by atoms with Gasteiger partial charge in [0.05, 0.1) is 0 Å². The first kappa shape index (κ1) is 16.2. The summed E-state index contributed by atoms with van der Waals surface area (Å²) in [7, 11) is 0. The van der Waals surface area contributed by atoms with E-state index in [0.29, 0.717) is 6.42 Å². The van der Waals surface area contributed by atoms with Gasteiger partial charge in [-0.25, -0.2) is 0 Å². The van der Waals surface area contributed by atoms with Crippen LogP contribution in [0.15, 0.2) is 63.2 Å². The lowest BCUT2D eigenvalue weighted by molar-refractivity contribution is -0.113. The van der Waals surface area contributed by atoms with E-state index in [2.05, 4.69) is 42.9 Å². The molecule has 0 radical (unpaired) electrons. The molecule has 0 bridgehead atoms. The van der Waals surface area contributed by atoms with Gasteiger partial charge in [-0.15, -0.1) is 0 Å². The number of H-pyrrole nitrogens is 1. The number of benzene rings is 2. The summed E-state index contributed by atoms with van der Waals surface area (Å²) in [5.41, 5.74) is 4.00. The maximum atomic E-state index is 12.1. The molecule has 0 aliphatic heterocycles. The third-order valence-corrected chi connectivity index (χ3v) is 5.01. The van der Waals surface area contributed by atoms with Crippen molar-refractivity contribution < 1.29 is 4.79 Å². The molecule has 3 aromatic rings. The number of aromatic nitrogens is 1. The van der Waals surface area contributed by atoms with Gasteiger partial charge in [0.25, 0.3) is 0 Å². The lowest BCUT2D eigenvalue weighted by Crippen LogP contribution is -2.00. The summed E-state index contributed by atoms with van der Waals surface area (Å²) >= 11 is 7.04. The quantitative estimate of drug-likeness (QED) is 0.510. The zero-order valence-corrected chi connectivity index (χ0v) is 15.7. The lowest BCUT2D eigenvalue weighted by atomic mass is 9.99. The van der Waals surface area contributed by atoms with E-state index in [1.165, 1.54) is 0 Å². The molecule has 0 spiro atoms. The Hall–Kier alpha value is -1.65. The smallest absolute Gasteiger partial charge is 0.156 e. The van der Waals surface area contributed by atoms with Crippen molar-refractivity contribution in [3.63, 3.8) is 0 Å². The normalized spacial score (nSPS) is 11.9. The van der Waals surface area contributed by atoms with E-state index >= 15 is 0 Å². The van der Waals surface area contributed by atoms with Crippen LogP contribution in [-0.2, 0) is 11.2 Å². The Morgan fingerprint density at radius 3 is 2.70 bits per heavy atom. The predicted octanol–water partition coefficient (Wildman–Crippen LogP) is 5.91. The molecule has 0 saturated heterocycles. The molecule has 0 atom stereocenters. The molecule has 0 aliphatic carbocycles. The van der Waals surface area contributed by atoms with Crippen LogP contribution in [0.5, 0.6) is 0 Å². The van der Waals surface area contributed by atoms with Crippen LogP contribution in [0.25, 0.3) is 17.0 Å². The number of hydrogen-bond donors (Lipinski definition) is 1. The molecule has 0 fully saturated rings. The van der Waals surface area contributed by atoms with Crippen LogP contribution in [0.2, 0.25) is 0 Å². The van der Waals surface area contributed by atoms with Crippen molar-refractivity contribution in [1.82, 2.24) is 4.98 Å². The summed E-state index contributed by atoms with van der Waals surface area (Å²) in [6, 6.07) is 14.0. The highest BCUT2D eigenvalue weighted by atomic mass is 79.9. The van der Waals surface area contributed by atoms with Gasteiger partial charge in [0.2, 0.25) is 0 Å². The Kier molecular flexibility index (Phi) is 4.83. The molecular formula is C19H15Br2NO. The summed E-state index contributed by atoms with van der Waals surface area (Å²) in [5, 5.41) is 1.14. The number of aromatic amines is 1. The van der Waals surface area contributed by atoms with E-state index < -0.39 is 0 Å². The van der Waals surface area contributed by atoms with Gasteiger partial charge in [-0.3, -0.25) is 4.79 Å². The van der Waals surface area contributed by atoms with Crippen LogP contribution in [-0.4, -0.2) is 10.8 Å². The summed E-state index contributed by atoms with van der Waals surface area (Å²) in [6.45, 7) is 1.62. The average Bonchev–Trinajstić information content (AvgIpc) is 2.91. The second-order valence-electron chi connectivity index (χ2n) is 5.43. The van der Waals surface area contributed by atoms with Crippen molar-refractivity contribution in [2.75, 3.05) is 0 Å². The summed E-state index contributed by atoms with van der Waals surface area (Å²) < 4.78 is 2.02. The van der Waals surface area contributed by atoms with Crippen molar-refractivity contribution in [3.8, 4) is 0 Å². The largest absolute Gasteiger partial charge is 0.361 e. The molecule has 2 aromatic carbocycles. The van der Waals surface area contributed by atoms with Crippen LogP contribution in [0, 0.1) is 0 Å². The molecule has 0 saturated carbocycles. The highest BCUT2D eigenvalue weighted by Crippen LogP contribution is 2.26. The van der Waals surface area contributed by atoms with Gasteiger partial charge >= 0.3 is 0 Å². The van der Waals surface area contributed by atoms with Crippen molar-refractivity contribution in [1.29, 1.82) is 0 Å². The number of carbonyl (C=O) groups excluding carboxylic acids is 1. The fourth-order valence-electron chi connectivity index (χ4n) is 2.56. The Morgan fingerprint density at radius 1 is 1.17 bits per heavy atom. The fraction of sp³-hybridized carbons (Fsp3) is 0.105. The fourth-order valence-corrected chi connectivity index (χ4v) is 3.32. The Balaban J connectivity index is 2.01. The number of rotatable bonds is 4. The van der Waals surface area contributed by atoms with Crippen molar-refractivity contribution in [2.24, 2.45) is 0 Å². The Morgan fingerprint density at radius 2 is 1.96 bits per heavy atom. The molecule has 0 unspecified atom stereocenters. The van der Waals surface area contributed by atoms with Crippen LogP contribution >= 0.6 is 31.9 Å². The van der Waals surface area contributed by atoms with Crippen LogP contribution in [0.1, 0.15) is 18.1 Å². The van der Waals surface area contributed by atoms with Gasteiger partial charge in [-0.05, 0) is 54.0 Å². The number of carbonyl (C=O) groups is 1. The topological polar surface area (TPSA) is 32.9 Å². The standard InChI is InChI=1S/C19H15Br2NO/c1-12(23)14(8-13-4-2-3-5-18(13)21)9-15-11-22-19-7-6-16(20)10-17(15)19/h2-8,10-11,22H,9H2,1H3/b14-8-. The highest BCUT2D eigenvalue weighted by molar-refractivity contribution is 9.10. The van der Waals surface area contributed by atoms with Crippen molar-refractivity contribution >= 4 is 54.6 Å². The molecule has 4 heteroatoms. The molecule has 2 nitrogen and oxygen atoms in total. The first-order chi connectivity index (χ1) is 11.0. The predicted molar refractivity (Wildman–Crippen MR) is 103 cm³/mol. The second-order valence-corrected chi connectivity index (χ2v) is 7.20. The number of ketones is 1. The van der Waals surface area contributed by atoms with Gasteiger partial charge in [-0.2, -0.15) is 0 Å². The van der Waals surface area contributed by atoms with Crippen molar-refractivity contribution in [2.45, 2.75) is 13.3 Å². The monoisotopic (exact) mass is 431 g/mol. The van der Waals surface area contributed by atoms with E-state index in [-0.39, 0.29) is 5.78 Å². The highest BCUT2D eigenvalue weighted by Gasteiger charge is 2.11. The van der Waals surface area contributed by atoms with E-state index in [1.807, 2.05) is 48.7 Å². The maximum Gasteiger partial charge on any atom is 0.156 e. The molecular weight excluding hydrogens is 418 g/mol. The third kappa shape index (κ3) is 3.65. The third-order valence-electron chi connectivity index (χ3n) is 3.80. The van der Waals surface area contributed by atoms with Gasteiger partial charge in [-0.1, -0.05) is 50.1 Å². The number of fused-ring (bicyclic) bond motifs is 1. The van der Waals surface area contributed by atoms with Gasteiger partial charge in [0, 0.05) is 32.5 Å². The maximum absolute atomic E-state index is 12.1. The van der Waals surface area contributed by atoms with Crippen LogP contribution < -0.4 is 0 Å². The lowest BCUT2D eigenvalue weighted by Gasteiger charge is -2.05. The van der Waals surface area contributed by atoms with Crippen LogP contribution in [0.4, 0.5) is 0 Å². The number of nitrogens with one attached hydrogen (secondary N) is 1. The van der Waals surface area contributed by atoms with Gasteiger partial charge in [0.15, 0.2) is 5.78 Å². The molecule has 0 amide bonds. The molecule has 3 rings (SSSR count). The summed E-state index contributed by atoms with van der Waals surface area (Å²) in [4.78, 5) is 15.4. The Labute approximate surface area is 151 Å². The first-order valence-electron chi connectivity index (χ1n) is 7.26. The first-order valence-corrected chi connectivity index (χ1v) is 8.85. The number of Topliss-reactive ketones (excluding diaryl/α,β-unsaturated/α-hetero) is 1. The molecule has 23 heavy (non-hydrogen) atoms. The minimum Gasteiger partial charge on any atom is -0.361 e. The second kappa shape index (κ2) is 6.85.